The van der Waals surface area contributed by atoms with Crippen LogP contribution in [0.5, 0.6) is 0 Å². The van der Waals surface area contributed by atoms with Crippen LogP contribution in [0.3, 0.4) is 0 Å². The topological polar surface area (TPSA) is 61.8 Å². The van der Waals surface area contributed by atoms with Crippen LogP contribution >= 0.6 is 35.0 Å². The van der Waals surface area contributed by atoms with E-state index in [0.29, 0.717) is 33.1 Å². The van der Waals surface area contributed by atoms with Crippen LogP contribution in [0.25, 0.3) is 0 Å². The molecule has 2 amide bonds. The molecule has 0 radical (unpaired) electrons. The zero-order chi connectivity index (χ0) is 21.7. The fourth-order valence-corrected chi connectivity index (χ4v) is 4.57. The number of carbonyl (C=O) groups excluding carboxylic acids is 2. The Hall–Kier alpha value is -2.09. The predicted octanol–water partition coefficient (Wildman–Crippen LogP) is 5.89. The number of benzene rings is 2. The number of nitrogens with zero attached hydrogens (tertiary/aromatic N) is 2. The van der Waals surface area contributed by atoms with E-state index in [1.54, 1.807) is 23.1 Å². The number of hydrogen-bond donors (Lipinski definition) is 1. The van der Waals surface area contributed by atoms with Crippen molar-refractivity contribution in [2.45, 2.75) is 31.4 Å². The van der Waals surface area contributed by atoms with Crippen molar-refractivity contribution < 1.29 is 14.0 Å². The number of amides is 2. The molecule has 1 aliphatic rings. The molecule has 158 valence electrons. The maximum Gasteiger partial charge on any atom is 0.242 e. The Morgan fingerprint density at radius 1 is 1.20 bits per heavy atom. The van der Waals surface area contributed by atoms with E-state index in [9.17, 15) is 14.0 Å². The minimum Gasteiger partial charge on any atom is -0.326 e. The molecule has 0 aliphatic carbocycles. The van der Waals surface area contributed by atoms with Gasteiger partial charge in [0.05, 0.1) is 5.69 Å². The summed E-state index contributed by atoms with van der Waals surface area (Å²) < 4.78 is 13.0. The van der Waals surface area contributed by atoms with E-state index in [0.717, 1.165) is 12.8 Å². The lowest BCUT2D eigenvalue weighted by Gasteiger charge is -2.16. The lowest BCUT2D eigenvalue weighted by molar-refractivity contribution is -0.128. The lowest BCUT2D eigenvalue weighted by atomic mass is 10.2. The molecule has 1 heterocycles. The van der Waals surface area contributed by atoms with Crippen LogP contribution in [-0.4, -0.2) is 33.7 Å². The number of amidine groups is 1. The molecule has 1 saturated heterocycles. The van der Waals surface area contributed by atoms with Gasteiger partial charge in [0.15, 0.2) is 5.17 Å². The van der Waals surface area contributed by atoms with E-state index in [1.807, 2.05) is 6.92 Å². The number of rotatable bonds is 7. The molecule has 1 unspecified atom stereocenters. The van der Waals surface area contributed by atoms with Gasteiger partial charge in [-0.25, -0.2) is 9.38 Å². The van der Waals surface area contributed by atoms with Crippen LogP contribution < -0.4 is 5.32 Å². The second kappa shape index (κ2) is 10.3. The Kier molecular flexibility index (Phi) is 7.75. The summed E-state index contributed by atoms with van der Waals surface area (Å²) in [5, 5.41) is 3.52. The minimum atomic E-state index is -0.587. The van der Waals surface area contributed by atoms with Crippen molar-refractivity contribution in [3.8, 4) is 0 Å². The summed E-state index contributed by atoms with van der Waals surface area (Å²) in [6.45, 7) is 2.56. The van der Waals surface area contributed by atoms with Crippen molar-refractivity contribution in [2.24, 2.45) is 4.99 Å². The Morgan fingerprint density at radius 2 is 1.87 bits per heavy atom. The fraction of sp³-hybridized carbons (Fsp3) is 0.286. The van der Waals surface area contributed by atoms with Crippen LogP contribution in [0.4, 0.5) is 15.8 Å². The SMILES string of the molecule is CCCCN1C(=O)C(CC(=O)Nc2ccc(F)cc2)SC1=Nc1cc(Cl)cc(Cl)c1. The molecule has 0 aromatic heterocycles. The highest BCUT2D eigenvalue weighted by molar-refractivity contribution is 8.15. The highest BCUT2D eigenvalue weighted by atomic mass is 35.5. The number of unbranched alkanes of at least 4 members (excludes halogenated alkanes) is 1. The Bertz CT molecular complexity index is 949. The number of carbonyl (C=O) groups is 2. The van der Waals surface area contributed by atoms with Gasteiger partial charge < -0.3 is 5.32 Å². The van der Waals surface area contributed by atoms with Crippen molar-refractivity contribution >= 4 is 63.3 Å². The number of nitrogens with one attached hydrogen (secondary N) is 1. The third-order valence-electron chi connectivity index (χ3n) is 4.33. The fourth-order valence-electron chi connectivity index (χ4n) is 2.87. The molecule has 3 rings (SSSR count). The summed E-state index contributed by atoms with van der Waals surface area (Å²) in [7, 11) is 0. The van der Waals surface area contributed by atoms with E-state index in [4.69, 9.17) is 23.2 Å². The van der Waals surface area contributed by atoms with Crippen LogP contribution in [-0.2, 0) is 9.59 Å². The maximum atomic E-state index is 13.0. The van der Waals surface area contributed by atoms with E-state index < -0.39 is 5.25 Å². The van der Waals surface area contributed by atoms with Crippen molar-refractivity contribution in [1.29, 1.82) is 0 Å². The first-order chi connectivity index (χ1) is 14.4. The maximum absolute atomic E-state index is 13.0. The van der Waals surface area contributed by atoms with E-state index in [-0.39, 0.29) is 24.1 Å². The average Bonchev–Trinajstić information content (AvgIpc) is 2.95. The molecule has 1 atom stereocenters. The zero-order valence-corrected chi connectivity index (χ0v) is 18.5. The van der Waals surface area contributed by atoms with Gasteiger partial charge in [-0.3, -0.25) is 14.5 Å². The molecule has 9 heteroatoms. The molecule has 2 aromatic rings. The smallest absolute Gasteiger partial charge is 0.242 e. The molecule has 5 nitrogen and oxygen atoms in total. The largest absolute Gasteiger partial charge is 0.326 e. The number of hydrogen-bond acceptors (Lipinski definition) is 4. The van der Waals surface area contributed by atoms with Gasteiger partial charge in [-0.2, -0.15) is 0 Å². The van der Waals surface area contributed by atoms with E-state index in [1.165, 1.54) is 36.0 Å². The van der Waals surface area contributed by atoms with Crippen molar-refractivity contribution in [3.63, 3.8) is 0 Å². The highest BCUT2D eigenvalue weighted by Gasteiger charge is 2.38. The summed E-state index contributed by atoms with van der Waals surface area (Å²) in [5.41, 5.74) is 1.02. The van der Waals surface area contributed by atoms with Gasteiger partial charge in [0.2, 0.25) is 11.8 Å². The Morgan fingerprint density at radius 3 is 2.50 bits per heavy atom. The predicted molar refractivity (Wildman–Crippen MR) is 121 cm³/mol. The second-order valence-corrected chi connectivity index (χ2v) is 8.77. The molecule has 0 saturated carbocycles. The van der Waals surface area contributed by atoms with Gasteiger partial charge in [-0.1, -0.05) is 48.3 Å². The van der Waals surface area contributed by atoms with Gasteiger partial charge in [-0.05, 0) is 48.9 Å². The first kappa shape index (κ1) is 22.6. The molecule has 0 spiro atoms. The zero-order valence-electron chi connectivity index (χ0n) is 16.2. The van der Waals surface area contributed by atoms with Gasteiger partial charge in [-0.15, -0.1) is 0 Å². The Balaban J connectivity index is 1.75. The van der Waals surface area contributed by atoms with E-state index in [2.05, 4.69) is 10.3 Å². The molecule has 0 bridgehead atoms. The molecular formula is C21H20Cl2FN3O2S. The number of halogens is 3. The second-order valence-electron chi connectivity index (χ2n) is 6.73. The van der Waals surface area contributed by atoms with Gasteiger partial charge in [0.25, 0.3) is 0 Å². The van der Waals surface area contributed by atoms with Gasteiger partial charge in [0.1, 0.15) is 11.1 Å². The third-order valence-corrected chi connectivity index (χ3v) is 5.94. The third kappa shape index (κ3) is 5.97. The first-order valence-corrected chi connectivity index (χ1v) is 11.1. The monoisotopic (exact) mass is 467 g/mol. The molecule has 1 fully saturated rings. The molecule has 1 N–H and O–H groups in total. The van der Waals surface area contributed by atoms with Crippen LogP contribution in [0.15, 0.2) is 47.5 Å². The summed E-state index contributed by atoms with van der Waals surface area (Å²) in [4.78, 5) is 31.5. The van der Waals surface area contributed by atoms with E-state index >= 15 is 0 Å². The average molecular weight is 468 g/mol. The van der Waals surface area contributed by atoms with Crippen LogP contribution in [0.1, 0.15) is 26.2 Å². The summed E-state index contributed by atoms with van der Waals surface area (Å²) in [6.07, 6.45) is 1.72. The Labute approximate surface area is 188 Å². The molecule has 1 aliphatic heterocycles. The highest BCUT2D eigenvalue weighted by Crippen LogP contribution is 2.33. The molecule has 2 aromatic carbocycles. The summed E-state index contributed by atoms with van der Waals surface area (Å²) >= 11 is 13.3. The lowest BCUT2D eigenvalue weighted by Crippen LogP contribution is -2.34. The van der Waals surface area contributed by atoms with Crippen molar-refractivity contribution in [3.05, 3.63) is 58.3 Å². The number of aliphatic imine (C=N–C) groups is 1. The summed E-state index contributed by atoms with van der Waals surface area (Å²) in [6, 6.07) is 10.4. The van der Waals surface area contributed by atoms with Gasteiger partial charge >= 0.3 is 0 Å². The quantitative estimate of drug-likeness (QED) is 0.551. The van der Waals surface area contributed by atoms with Crippen molar-refractivity contribution in [1.82, 2.24) is 4.90 Å². The first-order valence-electron chi connectivity index (χ1n) is 9.44. The van der Waals surface area contributed by atoms with Crippen LogP contribution in [0.2, 0.25) is 10.0 Å². The van der Waals surface area contributed by atoms with Gasteiger partial charge in [0, 0.05) is 28.7 Å². The van der Waals surface area contributed by atoms with Crippen molar-refractivity contribution in [2.75, 3.05) is 11.9 Å². The summed E-state index contributed by atoms with van der Waals surface area (Å²) in [5.74, 6) is -0.868. The van der Waals surface area contributed by atoms with Crippen LogP contribution in [0, 0.1) is 5.82 Å². The number of thioether (sulfide) groups is 1. The number of anilines is 1. The minimum absolute atomic E-state index is 0.0151. The normalized spacial score (nSPS) is 17.6. The molecule has 30 heavy (non-hydrogen) atoms. The standard InChI is InChI=1S/C21H20Cl2FN3O2S/c1-2-3-8-27-20(29)18(12-19(28)25-16-6-4-15(24)5-7-16)30-21(27)26-17-10-13(22)9-14(23)11-17/h4-7,9-11,18H,2-3,8,12H2,1H3,(H,25,28). The molecular weight excluding hydrogens is 448 g/mol.